The molecule has 0 radical (unpaired) electrons. The number of carbonyl (C=O) groups excluding carboxylic acids is 2. The summed E-state index contributed by atoms with van der Waals surface area (Å²) < 4.78 is 38.2. The SMILES string of the molecule is CCNC(=O)[C@@H](Cc1ccccc1)N(Cc1ccccc1)C(=O)COc1ccc(S(=O)(=O)N2CCOCC2)cc1. The van der Waals surface area contributed by atoms with Crippen LogP contribution in [0.25, 0.3) is 0 Å². The summed E-state index contributed by atoms with van der Waals surface area (Å²) >= 11 is 0. The lowest BCUT2D eigenvalue weighted by molar-refractivity contribution is -0.142. The molecule has 0 spiro atoms. The van der Waals surface area contributed by atoms with Gasteiger partial charge in [0.15, 0.2) is 6.61 Å². The molecule has 2 amide bonds. The Hall–Kier alpha value is -3.73. The molecule has 1 aliphatic heterocycles. The van der Waals surface area contributed by atoms with Crippen LogP contribution in [0.2, 0.25) is 0 Å². The molecule has 0 aliphatic carbocycles. The van der Waals surface area contributed by atoms with Gasteiger partial charge in [-0.05, 0) is 42.3 Å². The van der Waals surface area contributed by atoms with Gasteiger partial charge in [0.1, 0.15) is 11.8 Å². The highest BCUT2D eigenvalue weighted by molar-refractivity contribution is 7.89. The summed E-state index contributed by atoms with van der Waals surface area (Å²) in [5.41, 5.74) is 1.82. The molecular weight excluding hydrogens is 530 g/mol. The first-order valence-corrected chi connectivity index (χ1v) is 14.8. The van der Waals surface area contributed by atoms with Gasteiger partial charge in [0.05, 0.1) is 18.1 Å². The van der Waals surface area contributed by atoms with Crippen LogP contribution in [0, 0.1) is 0 Å². The molecule has 9 nitrogen and oxygen atoms in total. The second-order valence-corrected chi connectivity index (χ2v) is 11.3. The maximum Gasteiger partial charge on any atom is 0.261 e. The molecule has 1 aliphatic rings. The average Bonchev–Trinajstić information content (AvgIpc) is 2.99. The first-order valence-electron chi connectivity index (χ1n) is 13.3. The predicted molar refractivity (Wildman–Crippen MR) is 151 cm³/mol. The molecule has 10 heteroatoms. The molecular formula is C30H35N3O6S. The van der Waals surface area contributed by atoms with Crippen molar-refractivity contribution in [1.82, 2.24) is 14.5 Å². The number of amides is 2. The largest absolute Gasteiger partial charge is 0.484 e. The van der Waals surface area contributed by atoms with E-state index in [9.17, 15) is 18.0 Å². The zero-order valence-corrected chi connectivity index (χ0v) is 23.4. The Morgan fingerprint density at radius 3 is 2.12 bits per heavy atom. The fourth-order valence-corrected chi connectivity index (χ4v) is 5.91. The van der Waals surface area contributed by atoms with Crippen LogP contribution in [0.15, 0.2) is 89.8 Å². The summed E-state index contributed by atoms with van der Waals surface area (Å²) in [6.07, 6.45) is 0.347. The number of sulfonamides is 1. The van der Waals surface area contributed by atoms with Gasteiger partial charge in [0, 0.05) is 32.6 Å². The molecule has 1 saturated heterocycles. The van der Waals surface area contributed by atoms with E-state index in [-0.39, 0.29) is 29.9 Å². The third-order valence-corrected chi connectivity index (χ3v) is 8.52. The number of benzene rings is 3. The number of morpholine rings is 1. The van der Waals surface area contributed by atoms with Gasteiger partial charge in [0.2, 0.25) is 15.9 Å². The van der Waals surface area contributed by atoms with Crippen molar-refractivity contribution in [3.63, 3.8) is 0 Å². The molecule has 1 N–H and O–H groups in total. The Morgan fingerprint density at radius 2 is 1.52 bits per heavy atom. The minimum Gasteiger partial charge on any atom is -0.484 e. The number of nitrogens with zero attached hydrogens (tertiary/aromatic N) is 2. The van der Waals surface area contributed by atoms with Gasteiger partial charge in [-0.2, -0.15) is 4.31 Å². The van der Waals surface area contributed by atoms with Gasteiger partial charge >= 0.3 is 0 Å². The minimum atomic E-state index is -3.64. The van der Waals surface area contributed by atoms with Crippen LogP contribution in [0.1, 0.15) is 18.1 Å². The van der Waals surface area contributed by atoms with E-state index < -0.39 is 16.1 Å². The molecule has 0 saturated carbocycles. The Balaban J connectivity index is 1.51. The van der Waals surface area contributed by atoms with Crippen molar-refractivity contribution in [3.8, 4) is 5.75 Å². The zero-order valence-electron chi connectivity index (χ0n) is 22.6. The molecule has 0 unspecified atom stereocenters. The predicted octanol–water partition coefficient (Wildman–Crippen LogP) is 2.86. The van der Waals surface area contributed by atoms with Crippen LogP contribution in [-0.2, 0) is 37.3 Å². The minimum absolute atomic E-state index is 0.151. The number of carbonyl (C=O) groups is 2. The molecule has 3 aromatic carbocycles. The second kappa shape index (κ2) is 14.1. The van der Waals surface area contributed by atoms with Gasteiger partial charge in [-0.3, -0.25) is 9.59 Å². The molecule has 0 bridgehead atoms. The Bertz CT molecular complexity index is 1350. The fourth-order valence-electron chi connectivity index (χ4n) is 4.50. The van der Waals surface area contributed by atoms with Crippen molar-refractivity contribution in [2.24, 2.45) is 0 Å². The van der Waals surface area contributed by atoms with Crippen LogP contribution < -0.4 is 10.1 Å². The number of ether oxygens (including phenoxy) is 2. The molecule has 4 rings (SSSR count). The average molecular weight is 566 g/mol. The van der Waals surface area contributed by atoms with Gasteiger partial charge in [-0.25, -0.2) is 8.42 Å². The highest BCUT2D eigenvalue weighted by Crippen LogP contribution is 2.21. The van der Waals surface area contributed by atoms with Crippen LogP contribution in [0.4, 0.5) is 0 Å². The summed E-state index contributed by atoms with van der Waals surface area (Å²) in [4.78, 5) is 28.5. The van der Waals surface area contributed by atoms with Gasteiger partial charge in [0.25, 0.3) is 5.91 Å². The standard InChI is InChI=1S/C30H35N3O6S/c1-2-31-30(35)28(21-24-9-5-3-6-10-24)33(22-25-11-7-4-8-12-25)29(34)23-39-26-13-15-27(16-14-26)40(36,37)32-17-19-38-20-18-32/h3-16,28H,2,17-23H2,1H3,(H,31,35)/t28-/m1/s1. The van der Waals surface area contributed by atoms with Crippen molar-refractivity contribution in [1.29, 1.82) is 0 Å². The summed E-state index contributed by atoms with van der Waals surface area (Å²) in [5, 5.41) is 2.87. The van der Waals surface area contributed by atoms with E-state index >= 15 is 0 Å². The smallest absolute Gasteiger partial charge is 0.261 e. The van der Waals surface area contributed by atoms with Crippen LogP contribution in [-0.4, -0.2) is 74.9 Å². The Labute approximate surface area is 235 Å². The highest BCUT2D eigenvalue weighted by atomic mass is 32.2. The third kappa shape index (κ3) is 7.68. The zero-order chi connectivity index (χ0) is 28.4. The second-order valence-electron chi connectivity index (χ2n) is 9.38. The number of hydrogen-bond acceptors (Lipinski definition) is 6. The fraction of sp³-hybridized carbons (Fsp3) is 0.333. The van der Waals surface area contributed by atoms with E-state index in [0.29, 0.717) is 45.0 Å². The van der Waals surface area contributed by atoms with Gasteiger partial charge < -0.3 is 19.7 Å². The van der Waals surface area contributed by atoms with Crippen molar-refractivity contribution >= 4 is 21.8 Å². The Morgan fingerprint density at radius 1 is 0.925 bits per heavy atom. The van der Waals surface area contributed by atoms with Crippen molar-refractivity contribution in [2.45, 2.75) is 30.8 Å². The van der Waals surface area contributed by atoms with Crippen LogP contribution in [0.3, 0.4) is 0 Å². The lowest BCUT2D eigenvalue weighted by atomic mass is 10.0. The Kier molecular flexibility index (Phi) is 10.3. The first-order chi connectivity index (χ1) is 19.4. The van der Waals surface area contributed by atoms with E-state index in [1.807, 2.05) is 67.6 Å². The molecule has 3 aromatic rings. The summed E-state index contributed by atoms with van der Waals surface area (Å²) in [6.45, 7) is 3.54. The van der Waals surface area contributed by atoms with Gasteiger partial charge in [-0.15, -0.1) is 0 Å². The number of rotatable bonds is 12. The normalized spacial score (nSPS) is 14.7. The van der Waals surface area contributed by atoms with E-state index in [1.54, 1.807) is 4.90 Å². The summed E-state index contributed by atoms with van der Waals surface area (Å²) in [7, 11) is -3.64. The lowest BCUT2D eigenvalue weighted by Crippen LogP contribution is -2.51. The lowest BCUT2D eigenvalue weighted by Gasteiger charge is -2.31. The maximum absolute atomic E-state index is 13.6. The quantitative estimate of drug-likeness (QED) is 0.362. The summed E-state index contributed by atoms with van der Waals surface area (Å²) in [5.74, 6) is -0.249. The van der Waals surface area contributed by atoms with Crippen molar-refractivity contribution < 1.29 is 27.5 Å². The van der Waals surface area contributed by atoms with E-state index in [1.165, 1.54) is 28.6 Å². The number of likely N-dealkylation sites (N-methyl/N-ethyl adjacent to an activating group) is 1. The van der Waals surface area contributed by atoms with Crippen molar-refractivity contribution in [3.05, 3.63) is 96.1 Å². The molecule has 1 fully saturated rings. The van der Waals surface area contributed by atoms with Gasteiger partial charge in [-0.1, -0.05) is 60.7 Å². The third-order valence-electron chi connectivity index (χ3n) is 6.61. The van der Waals surface area contributed by atoms with E-state index in [4.69, 9.17) is 9.47 Å². The monoisotopic (exact) mass is 565 g/mol. The molecule has 212 valence electrons. The molecule has 1 heterocycles. The maximum atomic E-state index is 13.6. The number of nitrogens with one attached hydrogen (secondary N) is 1. The highest BCUT2D eigenvalue weighted by Gasteiger charge is 2.31. The first kappa shape index (κ1) is 29.3. The molecule has 0 aromatic heterocycles. The van der Waals surface area contributed by atoms with E-state index in [2.05, 4.69) is 5.32 Å². The molecule has 40 heavy (non-hydrogen) atoms. The number of hydrogen-bond donors (Lipinski definition) is 1. The van der Waals surface area contributed by atoms with Crippen LogP contribution >= 0.6 is 0 Å². The van der Waals surface area contributed by atoms with Crippen molar-refractivity contribution in [2.75, 3.05) is 39.5 Å². The van der Waals surface area contributed by atoms with Crippen LogP contribution in [0.5, 0.6) is 5.75 Å². The summed E-state index contributed by atoms with van der Waals surface area (Å²) in [6, 6.07) is 24.3. The molecule has 1 atom stereocenters. The topological polar surface area (TPSA) is 105 Å². The van der Waals surface area contributed by atoms with E-state index in [0.717, 1.165) is 11.1 Å².